The molecule has 0 radical (unpaired) electrons. The SMILES string of the molecule is COc1cccc2c1C(=O)c1c(O)c3c(c(O)c1C2=O)C[C@@](F)(C(C)=O)C[C@@H]3C1CC(NC(=O)C(F)(F)F)C(O)C(C)O1. The molecule has 230 valence electrons. The fourth-order valence-electron chi connectivity index (χ4n) is 6.37. The molecule has 4 unspecified atom stereocenters. The lowest BCUT2D eigenvalue weighted by Gasteiger charge is -2.45. The van der Waals surface area contributed by atoms with Crippen LogP contribution in [-0.2, 0) is 20.7 Å². The number of methoxy groups -OCH3 is 1. The highest BCUT2D eigenvalue weighted by atomic mass is 19.4. The Morgan fingerprint density at radius 3 is 2.35 bits per heavy atom. The maximum absolute atomic E-state index is 16.2. The minimum absolute atomic E-state index is 0.00990. The van der Waals surface area contributed by atoms with Gasteiger partial charge in [-0.3, -0.25) is 19.2 Å². The highest BCUT2D eigenvalue weighted by molar-refractivity contribution is 6.31. The van der Waals surface area contributed by atoms with Crippen molar-refractivity contribution in [3.63, 3.8) is 0 Å². The summed E-state index contributed by atoms with van der Waals surface area (Å²) >= 11 is 0. The number of Topliss-reactive ketones (excluding diaryl/α,β-unsaturated/α-hetero) is 1. The summed E-state index contributed by atoms with van der Waals surface area (Å²) in [6.07, 6.45) is -11.4. The summed E-state index contributed by atoms with van der Waals surface area (Å²) in [7, 11) is 1.26. The standard InChI is InChI=1S/C29H27F4NO9/c1-10-22(36)15(34-27(41)29(31,32)33)7-17(43-10)13-8-28(30,11(2)35)9-14-18(13)25(39)21-20(24(14)38)23(37)12-5-4-6-16(42-3)19(12)26(21)40/h4-6,10,13,15,17,22,36,38-39H,7-9H2,1-3H3,(H,34,41)/t10?,13-,15?,17?,22?,28-/m1/s1. The minimum Gasteiger partial charge on any atom is -0.507 e. The van der Waals surface area contributed by atoms with Gasteiger partial charge in [-0.15, -0.1) is 0 Å². The van der Waals surface area contributed by atoms with Crippen molar-refractivity contribution >= 4 is 23.3 Å². The Hall–Kier alpha value is -4.04. The number of fused-ring (bicyclic) bond motifs is 3. The number of carbonyl (C=O) groups excluding carboxylic acids is 4. The molecule has 1 heterocycles. The minimum atomic E-state index is -5.27. The fraction of sp³-hybridized carbons (Fsp3) is 0.448. The number of ether oxygens (including phenoxy) is 2. The molecule has 3 aliphatic rings. The number of aromatic hydroxyl groups is 2. The van der Waals surface area contributed by atoms with E-state index >= 15 is 4.39 Å². The van der Waals surface area contributed by atoms with Crippen LogP contribution in [0.25, 0.3) is 0 Å². The molecule has 43 heavy (non-hydrogen) atoms. The van der Waals surface area contributed by atoms with E-state index in [2.05, 4.69) is 0 Å². The van der Waals surface area contributed by atoms with Gasteiger partial charge >= 0.3 is 12.1 Å². The molecule has 1 amide bonds. The second-order valence-electron chi connectivity index (χ2n) is 11.1. The Labute approximate surface area is 241 Å². The predicted octanol–water partition coefficient (Wildman–Crippen LogP) is 2.79. The third-order valence-electron chi connectivity index (χ3n) is 8.56. The summed E-state index contributed by atoms with van der Waals surface area (Å²) in [6.45, 7) is 2.26. The van der Waals surface area contributed by atoms with Crippen molar-refractivity contribution < 1.29 is 61.5 Å². The Morgan fingerprint density at radius 2 is 1.74 bits per heavy atom. The van der Waals surface area contributed by atoms with Crippen LogP contribution in [0.15, 0.2) is 18.2 Å². The van der Waals surface area contributed by atoms with Gasteiger partial charge in [-0.2, -0.15) is 13.2 Å². The molecule has 1 aliphatic heterocycles. The number of phenolic OH excluding ortho intramolecular Hbond substituents is 2. The molecule has 0 saturated carbocycles. The number of hydrogen-bond donors (Lipinski definition) is 4. The van der Waals surface area contributed by atoms with Crippen LogP contribution < -0.4 is 10.1 Å². The Kier molecular flexibility index (Phi) is 7.29. The summed E-state index contributed by atoms with van der Waals surface area (Å²) in [6, 6.07) is 2.63. The predicted molar refractivity (Wildman–Crippen MR) is 138 cm³/mol. The van der Waals surface area contributed by atoms with Gasteiger partial charge in [0.25, 0.3) is 0 Å². The number of nitrogens with one attached hydrogen (secondary N) is 1. The number of rotatable bonds is 4. The molecule has 10 nitrogen and oxygen atoms in total. The zero-order valence-electron chi connectivity index (χ0n) is 23.0. The molecule has 2 aliphatic carbocycles. The largest absolute Gasteiger partial charge is 0.507 e. The van der Waals surface area contributed by atoms with Crippen molar-refractivity contribution in [3.05, 3.63) is 51.6 Å². The summed E-state index contributed by atoms with van der Waals surface area (Å²) in [5.41, 5.74) is -4.78. The third kappa shape index (κ3) is 4.72. The molecular weight excluding hydrogens is 582 g/mol. The van der Waals surface area contributed by atoms with Crippen molar-refractivity contribution in [1.29, 1.82) is 0 Å². The lowest BCUT2D eigenvalue weighted by molar-refractivity contribution is -0.180. The molecule has 14 heteroatoms. The van der Waals surface area contributed by atoms with Crippen LogP contribution >= 0.6 is 0 Å². The van der Waals surface area contributed by atoms with E-state index in [0.717, 1.165) is 6.92 Å². The van der Waals surface area contributed by atoms with E-state index in [1.165, 1.54) is 32.2 Å². The van der Waals surface area contributed by atoms with Gasteiger partial charge in [0.2, 0.25) is 5.78 Å². The third-order valence-corrected chi connectivity index (χ3v) is 8.56. The van der Waals surface area contributed by atoms with E-state index in [1.54, 1.807) is 5.32 Å². The van der Waals surface area contributed by atoms with Gasteiger partial charge < -0.3 is 30.1 Å². The van der Waals surface area contributed by atoms with Crippen molar-refractivity contribution in [3.8, 4) is 17.2 Å². The van der Waals surface area contributed by atoms with Crippen LogP contribution in [0.3, 0.4) is 0 Å². The van der Waals surface area contributed by atoms with Crippen LogP contribution in [0.1, 0.15) is 75.6 Å². The monoisotopic (exact) mass is 609 g/mol. The number of phenols is 2. The number of amides is 1. The molecule has 1 fully saturated rings. The second-order valence-corrected chi connectivity index (χ2v) is 11.1. The van der Waals surface area contributed by atoms with Gasteiger partial charge in [-0.25, -0.2) is 4.39 Å². The van der Waals surface area contributed by atoms with E-state index in [4.69, 9.17) is 9.47 Å². The first-order chi connectivity index (χ1) is 20.0. The lowest BCUT2D eigenvalue weighted by Crippen LogP contribution is -2.58. The van der Waals surface area contributed by atoms with Crippen LogP contribution in [0.5, 0.6) is 17.2 Å². The van der Waals surface area contributed by atoms with Gasteiger partial charge in [-0.05, 0) is 32.8 Å². The van der Waals surface area contributed by atoms with E-state index in [0.29, 0.717) is 0 Å². The van der Waals surface area contributed by atoms with Crippen molar-refractivity contribution in [2.75, 3.05) is 7.11 Å². The highest BCUT2D eigenvalue weighted by Gasteiger charge is 2.53. The molecule has 1 saturated heterocycles. The Bertz CT molecular complexity index is 1570. The quantitative estimate of drug-likeness (QED) is 0.258. The maximum atomic E-state index is 16.2. The first kappa shape index (κ1) is 30.4. The van der Waals surface area contributed by atoms with Gasteiger partial charge in [0.05, 0.1) is 42.0 Å². The molecule has 0 aromatic heterocycles. The van der Waals surface area contributed by atoms with Crippen molar-refractivity contribution in [1.82, 2.24) is 5.32 Å². The smallest absolute Gasteiger partial charge is 0.471 e. The summed E-state index contributed by atoms with van der Waals surface area (Å²) in [4.78, 5) is 51.5. The summed E-state index contributed by atoms with van der Waals surface area (Å²) in [5.74, 6) is -8.06. The molecule has 2 aromatic carbocycles. The molecule has 5 rings (SSSR count). The molecule has 0 bridgehead atoms. The average molecular weight is 610 g/mol. The number of aliphatic hydroxyl groups excluding tert-OH is 1. The van der Waals surface area contributed by atoms with Crippen LogP contribution in [0.4, 0.5) is 17.6 Å². The maximum Gasteiger partial charge on any atom is 0.471 e. The van der Waals surface area contributed by atoms with Crippen molar-refractivity contribution in [2.45, 2.75) is 75.2 Å². The normalized spacial score (nSPS) is 28.4. The van der Waals surface area contributed by atoms with Gasteiger partial charge in [0, 0.05) is 29.0 Å². The number of alkyl halides is 4. The molecule has 2 aromatic rings. The van der Waals surface area contributed by atoms with E-state index in [-0.39, 0.29) is 28.0 Å². The lowest BCUT2D eigenvalue weighted by atomic mass is 9.67. The number of hydrogen-bond acceptors (Lipinski definition) is 9. The number of halogens is 4. The fourth-order valence-corrected chi connectivity index (χ4v) is 6.37. The zero-order valence-corrected chi connectivity index (χ0v) is 23.0. The number of benzene rings is 2. The van der Waals surface area contributed by atoms with Crippen LogP contribution in [0, 0.1) is 0 Å². The average Bonchev–Trinajstić information content (AvgIpc) is 2.94. The second kappa shape index (κ2) is 10.3. The number of aliphatic hydroxyl groups is 1. The topological polar surface area (TPSA) is 159 Å². The molecule has 0 spiro atoms. The van der Waals surface area contributed by atoms with Gasteiger partial charge in [0.1, 0.15) is 23.4 Å². The molecular formula is C29H27F4NO9. The van der Waals surface area contributed by atoms with Crippen LogP contribution in [-0.4, -0.2) is 81.9 Å². The van der Waals surface area contributed by atoms with E-state index in [1.807, 2.05) is 0 Å². The van der Waals surface area contributed by atoms with Gasteiger partial charge in [0.15, 0.2) is 17.2 Å². The first-order valence-corrected chi connectivity index (χ1v) is 13.3. The summed E-state index contributed by atoms with van der Waals surface area (Å²) in [5, 5.41) is 35.2. The first-order valence-electron chi connectivity index (χ1n) is 13.3. The number of ketones is 3. The van der Waals surface area contributed by atoms with Gasteiger partial charge in [-0.1, -0.05) is 12.1 Å². The zero-order chi connectivity index (χ0) is 31.8. The summed E-state index contributed by atoms with van der Waals surface area (Å²) < 4.78 is 66.3. The molecule has 4 N–H and O–H groups in total. The van der Waals surface area contributed by atoms with Crippen LogP contribution in [0.2, 0.25) is 0 Å². The highest BCUT2D eigenvalue weighted by Crippen LogP contribution is 2.54. The van der Waals surface area contributed by atoms with E-state index < -0.39 is 107 Å². The number of carbonyl (C=O) groups is 4. The Balaban J connectivity index is 1.68. The molecule has 6 atom stereocenters. The van der Waals surface area contributed by atoms with Crippen molar-refractivity contribution in [2.24, 2.45) is 0 Å². The van der Waals surface area contributed by atoms with E-state index in [9.17, 15) is 47.7 Å². The Morgan fingerprint density at radius 1 is 1.09 bits per heavy atom.